The second kappa shape index (κ2) is 14.3. The Labute approximate surface area is 198 Å². The molecule has 12 heteroatoms. The minimum atomic E-state index is -0.131. The van der Waals surface area contributed by atoms with Crippen LogP contribution < -0.4 is 32.4 Å². The molecule has 7 N–H and O–H groups in total. The van der Waals surface area contributed by atoms with Gasteiger partial charge in [-0.2, -0.15) is 5.10 Å². The SMILES string of the molecule is C.C=C1N=CC=CN1.C=C1NC(N)=NC2=C1N=CC2.C=C1NC=CC(=O)N1.O=C1CCC=NN1. The molecule has 5 rings (SSSR count). The van der Waals surface area contributed by atoms with Gasteiger partial charge in [0.1, 0.15) is 17.3 Å². The maximum atomic E-state index is 10.4. The second-order valence-electron chi connectivity index (χ2n) is 6.47. The summed E-state index contributed by atoms with van der Waals surface area (Å²) in [6.45, 7) is 10.8. The number of aliphatic imine (C=N–C) groups is 3. The van der Waals surface area contributed by atoms with Crippen molar-refractivity contribution in [3.63, 3.8) is 0 Å². The Bertz CT molecular complexity index is 1030. The number of hydrazone groups is 1. The number of carbonyl (C=O) groups is 2. The lowest BCUT2D eigenvalue weighted by atomic mass is 10.2. The molecule has 0 saturated heterocycles. The zero-order chi connectivity index (χ0) is 24.1. The van der Waals surface area contributed by atoms with Gasteiger partial charge in [0.25, 0.3) is 5.91 Å². The van der Waals surface area contributed by atoms with Gasteiger partial charge in [0.2, 0.25) is 5.91 Å². The highest BCUT2D eigenvalue weighted by molar-refractivity contribution is 5.89. The summed E-state index contributed by atoms with van der Waals surface area (Å²) in [5, 5.41) is 14.3. The van der Waals surface area contributed by atoms with Crippen molar-refractivity contribution >= 4 is 36.4 Å². The van der Waals surface area contributed by atoms with Crippen molar-refractivity contribution in [2.45, 2.75) is 26.7 Å². The van der Waals surface area contributed by atoms with Gasteiger partial charge in [0.15, 0.2) is 5.96 Å². The fraction of sp³-hybridized carbons (Fsp3) is 0.182. The first-order valence-corrected chi connectivity index (χ1v) is 9.79. The summed E-state index contributed by atoms with van der Waals surface area (Å²) in [7, 11) is 0. The molecule has 0 aromatic rings. The van der Waals surface area contributed by atoms with E-state index in [1.807, 2.05) is 6.08 Å². The molecular formula is C22H30N10O2. The standard InChI is InChI=1S/C7H8N4.C5H6N2O.C5H6N2.C4H6N2O.CH4/c1-4-6-5(2-3-9-6)11-7(8)10-4;1-4-6-3-2-5(8)7-4;1-5-6-3-2-4-7-5;7-4-2-1-3-5-6-4;/h3H,1-2H2,(H3,8,10,11);2-3,6H,1H2,(H,7,8);2-4,6H,1H2;3H,1-2H2,(H,6,7);1H4. The normalized spacial score (nSPS) is 18.5. The predicted octanol–water partition coefficient (Wildman–Crippen LogP) is 0.958. The molecular weight excluding hydrogens is 436 g/mol. The van der Waals surface area contributed by atoms with Gasteiger partial charge in [0, 0.05) is 50.0 Å². The van der Waals surface area contributed by atoms with Crippen LogP contribution in [-0.4, -0.2) is 36.4 Å². The largest absolute Gasteiger partial charge is 0.369 e. The summed E-state index contributed by atoms with van der Waals surface area (Å²) in [5.41, 5.74) is 10.3. The molecule has 0 aliphatic carbocycles. The number of guanidine groups is 1. The van der Waals surface area contributed by atoms with Crippen molar-refractivity contribution in [2.24, 2.45) is 25.8 Å². The zero-order valence-corrected chi connectivity index (χ0v) is 18.0. The third-order valence-electron chi connectivity index (χ3n) is 3.81. The van der Waals surface area contributed by atoms with Gasteiger partial charge in [-0.25, -0.2) is 15.4 Å². The molecule has 0 fully saturated rings. The lowest BCUT2D eigenvalue weighted by Crippen LogP contribution is -2.33. The van der Waals surface area contributed by atoms with Gasteiger partial charge in [-0.1, -0.05) is 27.2 Å². The lowest BCUT2D eigenvalue weighted by Gasteiger charge is -2.13. The smallest absolute Gasteiger partial charge is 0.250 e. The molecule has 12 nitrogen and oxygen atoms in total. The predicted molar refractivity (Wildman–Crippen MR) is 136 cm³/mol. The number of nitrogens with one attached hydrogen (secondary N) is 5. The Kier molecular flexibility index (Phi) is 11.5. The molecule has 2 amide bonds. The Morgan fingerprint density at radius 1 is 1.00 bits per heavy atom. The van der Waals surface area contributed by atoms with Crippen LogP contribution in [-0.2, 0) is 9.59 Å². The monoisotopic (exact) mass is 466 g/mol. The van der Waals surface area contributed by atoms with E-state index in [0.717, 1.165) is 29.9 Å². The van der Waals surface area contributed by atoms with Crippen LogP contribution in [0.3, 0.4) is 0 Å². The minimum Gasteiger partial charge on any atom is -0.369 e. The fourth-order valence-electron chi connectivity index (χ4n) is 2.37. The van der Waals surface area contributed by atoms with Crippen molar-refractivity contribution in [2.75, 3.05) is 0 Å². The van der Waals surface area contributed by atoms with Gasteiger partial charge in [-0.15, -0.1) is 0 Å². The second-order valence-corrected chi connectivity index (χ2v) is 6.47. The summed E-state index contributed by atoms with van der Waals surface area (Å²) >= 11 is 0. The van der Waals surface area contributed by atoms with Crippen LogP contribution >= 0.6 is 0 Å². The van der Waals surface area contributed by atoms with Gasteiger partial charge in [-0.05, 0) is 12.5 Å². The molecule has 0 bridgehead atoms. The van der Waals surface area contributed by atoms with Gasteiger partial charge >= 0.3 is 0 Å². The molecule has 5 aliphatic heterocycles. The zero-order valence-electron chi connectivity index (χ0n) is 18.0. The van der Waals surface area contributed by atoms with Crippen LogP contribution in [0.4, 0.5) is 0 Å². The molecule has 34 heavy (non-hydrogen) atoms. The van der Waals surface area contributed by atoms with Crippen molar-refractivity contribution < 1.29 is 9.59 Å². The molecule has 0 aromatic heterocycles. The molecule has 0 radical (unpaired) electrons. The van der Waals surface area contributed by atoms with Crippen molar-refractivity contribution in [3.8, 4) is 0 Å². The number of amides is 2. The first kappa shape index (κ1) is 27.3. The van der Waals surface area contributed by atoms with E-state index < -0.39 is 0 Å². The van der Waals surface area contributed by atoms with Crippen LogP contribution in [0.25, 0.3) is 0 Å². The van der Waals surface area contributed by atoms with Gasteiger partial charge < -0.3 is 27.0 Å². The van der Waals surface area contributed by atoms with Crippen molar-refractivity contribution in [3.05, 3.63) is 73.0 Å². The van der Waals surface area contributed by atoms with E-state index in [9.17, 15) is 9.59 Å². The summed E-state index contributed by atoms with van der Waals surface area (Å²) in [4.78, 5) is 32.6. The molecule has 0 unspecified atom stereocenters. The third-order valence-corrected chi connectivity index (χ3v) is 3.81. The molecule has 0 spiro atoms. The summed E-state index contributed by atoms with van der Waals surface area (Å²) in [5.74, 6) is 1.51. The summed E-state index contributed by atoms with van der Waals surface area (Å²) in [6.07, 6.45) is 13.9. The van der Waals surface area contributed by atoms with E-state index >= 15 is 0 Å². The van der Waals surface area contributed by atoms with Crippen LogP contribution in [0.15, 0.2) is 93.1 Å². The van der Waals surface area contributed by atoms with Gasteiger partial charge in [-0.3, -0.25) is 14.6 Å². The molecule has 0 saturated carbocycles. The lowest BCUT2D eigenvalue weighted by molar-refractivity contribution is -0.121. The Balaban J connectivity index is 0.000000229. The van der Waals surface area contributed by atoms with Crippen molar-refractivity contribution in [1.82, 2.24) is 26.7 Å². The average Bonchev–Trinajstić information content (AvgIpc) is 3.25. The maximum absolute atomic E-state index is 10.4. The summed E-state index contributed by atoms with van der Waals surface area (Å²) in [6, 6.07) is 0. The Morgan fingerprint density at radius 2 is 1.79 bits per heavy atom. The molecule has 180 valence electrons. The average molecular weight is 467 g/mol. The van der Waals surface area contributed by atoms with E-state index in [1.165, 1.54) is 6.08 Å². The highest BCUT2D eigenvalue weighted by Crippen LogP contribution is 2.23. The molecule has 5 aliphatic rings. The quantitative estimate of drug-likeness (QED) is 0.310. The molecule has 0 atom stereocenters. The van der Waals surface area contributed by atoms with Crippen molar-refractivity contribution in [1.29, 1.82) is 0 Å². The highest BCUT2D eigenvalue weighted by Gasteiger charge is 2.18. The van der Waals surface area contributed by atoms with E-state index in [2.05, 4.69) is 66.5 Å². The number of rotatable bonds is 0. The van der Waals surface area contributed by atoms with E-state index in [4.69, 9.17) is 5.73 Å². The van der Waals surface area contributed by atoms with Crippen LogP contribution in [0, 0.1) is 0 Å². The number of hydrogen-bond acceptors (Lipinski definition) is 10. The highest BCUT2D eigenvalue weighted by atomic mass is 16.2. The Hall–Kier alpha value is -4.74. The molecule has 5 heterocycles. The van der Waals surface area contributed by atoms with Crippen LogP contribution in [0.2, 0.25) is 0 Å². The van der Waals surface area contributed by atoms with Gasteiger partial charge in [0.05, 0.1) is 11.4 Å². The molecule has 0 aromatic carbocycles. The number of nitrogens with two attached hydrogens (primary N) is 1. The Morgan fingerprint density at radius 3 is 2.26 bits per heavy atom. The first-order chi connectivity index (χ1) is 15.8. The van der Waals surface area contributed by atoms with E-state index in [1.54, 1.807) is 31.0 Å². The van der Waals surface area contributed by atoms with E-state index in [0.29, 0.717) is 24.0 Å². The summed E-state index contributed by atoms with van der Waals surface area (Å²) < 4.78 is 0. The first-order valence-electron chi connectivity index (χ1n) is 9.79. The number of nitrogens with zero attached hydrogens (tertiary/aromatic N) is 4. The number of allylic oxidation sites excluding steroid dienone is 2. The topological polar surface area (TPSA) is 170 Å². The fourth-order valence-corrected chi connectivity index (χ4v) is 2.37. The van der Waals surface area contributed by atoms with Crippen LogP contribution in [0.5, 0.6) is 0 Å². The van der Waals surface area contributed by atoms with Crippen LogP contribution in [0.1, 0.15) is 26.7 Å². The number of hydrogen-bond donors (Lipinski definition) is 6. The third kappa shape index (κ3) is 10.0. The maximum Gasteiger partial charge on any atom is 0.250 e. The van der Waals surface area contributed by atoms with E-state index in [-0.39, 0.29) is 19.2 Å². The number of carbonyl (C=O) groups excluding carboxylic acids is 2. The minimum absolute atomic E-state index is 0.